The van der Waals surface area contributed by atoms with Gasteiger partial charge in [0.25, 0.3) is 0 Å². The second-order valence-corrected chi connectivity index (χ2v) is 7.54. The van der Waals surface area contributed by atoms with Gasteiger partial charge in [-0.3, -0.25) is 0 Å². The monoisotopic (exact) mass is 468 g/mol. The summed E-state index contributed by atoms with van der Waals surface area (Å²) < 4.78 is 14.3. The first-order valence-corrected chi connectivity index (χ1v) is 10.8. The summed E-state index contributed by atoms with van der Waals surface area (Å²) in [5, 5.41) is 19.9. The van der Waals surface area contributed by atoms with E-state index < -0.39 is 4.92 Å². The molecule has 0 bridgehead atoms. The fourth-order valence-corrected chi connectivity index (χ4v) is 3.49. The van der Waals surface area contributed by atoms with Crippen LogP contribution in [0.5, 0.6) is 11.5 Å². The van der Waals surface area contributed by atoms with Crippen molar-refractivity contribution in [2.45, 2.75) is 13.1 Å². The molecule has 0 fully saturated rings. The van der Waals surface area contributed by atoms with Crippen molar-refractivity contribution in [2.75, 3.05) is 0 Å². The van der Waals surface area contributed by atoms with Crippen LogP contribution in [0.15, 0.2) is 89.8 Å². The molecule has 0 aliphatic heterocycles. The number of para-hydroxylation sites is 1. The molecule has 0 saturated carbocycles. The maximum Gasteiger partial charge on any atom is 0.343 e. The van der Waals surface area contributed by atoms with Gasteiger partial charge >= 0.3 is 5.82 Å². The molecule has 174 valence electrons. The molecule has 0 spiro atoms. The molecule has 0 saturated heterocycles. The molecule has 5 rings (SSSR count). The Labute approximate surface area is 199 Å². The molecule has 2 aromatic carbocycles. The van der Waals surface area contributed by atoms with Gasteiger partial charge in [-0.05, 0) is 59.5 Å². The smallest absolute Gasteiger partial charge is 0.343 e. The number of aryl methyl sites for hydroxylation is 1. The molecule has 0 radical (unpaired) electrons. The van der Waals surface area contributed by atoms with Crippen LogP contribution >= 0.6 is 0 Å². The van der Waals surface area contributed by atoms with Crippen molar-refractivity contribution in [3.8, 4) is 22.8 Å². The fraction of sp³-hybridized carbons (Fsp3) is 0.0800. The predicted octanol–water partition coefficient (Wildman–Crippen LogP) is 5.31. The minimum absolute atomic E-state index is 0.0987. The first-order chi connectivity index (χ1) is 17.2. The Bertz CT molecular complexity index is 1440. The van der Waals surface area contributed by atoms with Gasteiger partial charge < -0.3 is 19.3 Å². The lowest BCUT2D eigenvalue weighted by molar-refractivity contribution is -0.392. The summed E-state index contributed by atoms with van der Waals surface area (Å²) in [4.78, 5) is 15.2. The number of nitrogens with zero attached hydrogens (tertiary/aromatic N) is 6. The molecule has 3 aromatic heterocycles. The van der Waals surface area contributed by atoms with Gasteiger partial charge in [0.1, 0.15) is 35.7 Å². The third-order valence-electron chi connectivity index (χ3n) is 5.21. The van der Waals surface area contributed by atoms with Crippen LogP contribution in [-0.2, 0) is 13.1 Å². The van der Waals surface area contributed by atoms with E-state index in [9.17, 15) is 10.1 Å². The summed E-state index contributed by atoms with van der Waals surface area (Å²) in [6, 6.07) is 20.7. The van der Waals surface area contributed by atoms with E-state index in [2.05, 4.69) is 15.3 Å². The van der Waals surface area contributed by atoms with E-state index in [1.54, 1.807) is 41.4 Å². The van der Waals surface area contributed by atoms with E-state index >= 15 is 0 Å². The average molecular weight is 468 g/mol. The van der Waals surface area contributed by atoms with Crippen LogP contribution in [0, 0.1) is 10.1 Å². The van der Waals surface area contributed by atoms with Gasteiger partial charge in [0, 0.05) is 11.6 Å². The number of hydrogen-bond acceptors (Lipinski definition) is 7. The lowest BCUT2D eigenvalue weighted by atomic mass is 10.1. The second kappa shape index (κ2) is 9.87. The van der Waals surface area contributed by atoms with Gasteiger partial charge in [0.2, 0.25) is 5.82 Å². The molecule has 35 heavy (non-hydrogen) atoms. The lowest BCUT2D eigenvalue weighted by Crippen LogP contribution is -2.11. The summed E-state index contributed by atoms with van der Waals surface area (Å²) in [5.74, 6) is 2.46. The number of benzene rings is 2. The number of imidazole rings is 1. The fourth-order valence-electron chi connectivity index (χ4n) is 3.49. The predicted molar refractivity (Wildman–Crippen MR) is 128 cm³/mol. The quantitative estimate of drug-likeness (QED) is 0.213. The van der Waals surface area contributed by atoms with Crippen molar-refractivity contribution in [1.82, 2.24) is 24.5 Å². The minimum Gasteiger partial charge on any atom is -0.465 e. The van der Waals surface area contributed by atoms with Crippen molar-refractivity contribution in [3.63, 3.8) is 0 Å². The first-order valence-electron chi connectivity index (χ1n) is 10.8. The third-order valence-corrected chi connectivity index (χ3v) is 5.21. The van der Waals surface area contributed by atoms with Gasteiger partial charge in [-0.2, -0.15) is 0 Å². The van der Waals surface area contributed by atoms with E-state index in [1.807, 2.05) is 54.6 Å². The lowest BCUT2D eigenvalue weighted by Gasteiger charge is -2.05. The van der Waals surface area contributed by atoms with Crippen molar-refractivity contribution in [3.05, 3.63) is 107 Å². The number of hydrogen-bond donors (Lipinski definition) is 0. The van der Waals surface area contributed by atoms with Gasteiger partial charge in [-0.25, -0.2) is 14.2 Å². The van der Waals surface area contributed by atoms with E-state index in [0.717, 1.165) is 17.1 Å². The Hall–Kier alpha value is -4.99. The molecule has 10 heteroatoms. The highest BCUT2D eigenvalue weighted by atomic mass is 16.6. The van der Waals surface area contributed by atoms with E-state index in [0.29, 0.717) is 30.4 Å². The zero-order valence-corrected chi connectivity index (χ0v) is 18.5. The number of rotatable bonds is 9. The number of furan rings is 1. The van der Waals surface area contributed by atoms with Crippen LogP contribution in [0.25, 0.3) is 23.4 Å². The zero-order chi connectivity index (χ0) is 24.0. The van der Waals surface area contributed by atoms with Gasteiger partial charge in [-0.1, -0.05) is 23.4 Å². The largest absolute Gasteiger partial charge is 0.465 e. The van der Waals surface area contributed by atoms with E-state index in [4.69, 9.17) is 9.15 Å². The van der Waals surface area contributed by atoms with Crippen molar-refractivity contribution >= 4 is 18.0 Å². The number of nitro groups is 1. The highest BCUT2D eigenvalue weighted by Gasteiger charge is 2.19. The standard InChI is InChI=1S/C25H20N6O4/c32-31(33)25-17-26-24(13-12-20-7-4-16-34-20)30(25)15-14-29-18-23(27-28-29)19-8-10-22(11-9-19)35-21-5-2-1-3-6-21/h1-13,16-18H,14-15H2. The van der Waals surface area contributed by atoms with E-state index in [-0.39, 0.29) is 5.82 Å². The van der Waals surface area contributed by atoms with Crippen LogP contribution in [0.1, 0.15) is 11.6 Å². The summed E-state index contributed by atoms with van der Waals surface area (Å²) in [5.41, 5.74) is 1.57. The summed E-state index contributed by atoms with van der Waals surface area (Å²) in [6.45, 7) is 0.668. The maximum atomic E-state index is 11.5. The number of aromatic nitrogens is 5. The molecule has 0 aliphatic carbocycles. The van der Waals surface area contributed by atoms with Crippen LogP contribution in [0.2, 0.25) is 0 Å². The van der Waals surface area contributed by atoms with Crippen LogP contribution in [0.4, 0.5) is 5.82 Å². The van der Waals surface area contributed by atoms with Crippen LogP contribution in [-0.4, -0.2) is 29.5 Å². The van der Waals surface area contributed by atoms with Crippen molar-refractivity contribution in [1.29, 1.82) is 0 Å². The average Bonchev–Trinajstić information content (AvgIpc) is 3.64. The van der Waals surface area contributed by atoms with Gasteiger partial charge in [0.15, 0.2) is 0 Å². The van der Waals surface area contributed by atoms with Crippen molar-refractivity contribution < 1.29 is 14.1 Å². The molecular weight excluding hydrogens is 448 g/mol. The Morgan fingerprint density at radius 3 is 2.51 bits per heavy atom. The topological polar surface area (TPSA) is 114 Å². The molecule has 0 N–H and O–H groups in total. The molecule has 10 nitrogen and oxygen atoms in total. The summed E-state index contributed by atoms with van der Waals surface area (Å²) in [7, 11) is 0. The Morgan fingerprint density at radius 2 is 1.77 bits per heavy atom. The van der Waals surface area contributed by atoms with Gasteiger partial charge in [0.05, 0.1) is 19.0 Å². The molecule has 0 amide bonds. The SMILES string of the molecule is O=[N+]([O-])c1cnc(C=Cc2ccco2)n1CCn1cc(-c2ccc(Oc3ccccc3)cc2)nn1. The summed E-state index contributed by atoms with van der Waals surface area (Å²) in [6.07, 6.45) is 7.99. The molecule has 0 aliphatic rings. The molecular formula is C25H20N6O4. The third kappa shape index (κ3) is 5.17. The Morgan fingerprint density at radius 1 is 0.971 bits per heavy atom. The first kappa shape index (κ1) is 21.8. The summed E-state index contributed by atoms with van der Waals surface area (Å²) >= 11 is 0. The zero-order valence-electron chi connectivity index (χ0n) is 18.5. The van der Waals surface area contributed by atoms with Crippen LogP contribution in [0.3, 0.4) is 0 Å². The van der Waals surface area contributed by atoms with Crippen LogP contribution < -0.4 is 4.74 Å². The normalized spacial score (nSPS) is 11.2. The van der Waals surface area contributed by atoms with E-state index in [1.165, 1.54) is 10.8 Å². The molecule has 5 aromatic rings. The highest BCUT2D eigenvalue weighted by Crippen LogP contribution is 2.25. The number of ether oxygens (including phenoxy) is 1. The second-order valence-electron chi connectivity index (χ2n) is 7.54. The molecule has 3 heterocycles. The Kier molecular flexibility index (Phi) is 6.16. The van der Waals surface area contributed by atoms with Crippen molar-refractivity contribution in [2.24, 2.45) is 0 Å². The Balaban J connectivity index is 1.27. The highest BCUT2D eigenvalue weighted by molar-refractivity contribution is 5.64. The maximum absolute atomic E-state index is 11.5. The molecule has 0 atom stereocenters. The minimum atomic E-state index is -0.455. The molecule has 0 unspecified atom stereocenters. The van der Waals surface area contributed by atoms with Gasteiger partial charge in [-0.15, -0.1) is 5.10 Å².